The summed E-state index contributed by atoms with van der Waals surface area (Å²) in [6, 6.07) is 20.2. The zero-order chi connectivity index (χ0) is 17.8. The number of carbonyl (C=O) groups excluding carboxylic acids is 2. The number of carboxylic acids is 1. The van der Waals surface area contributed by atoms with Crippen LogP contribution in [0.25, 0.3) is 0 Å². The summed E-state index contributed by atoms with van der Waals surface area (Å²) in [5.74, 6) is -1.92. The van der Waals surface area contributed by atoms with Gasteiger partial charge >= 0.3 is 0 Å². The van der Waals surface area contributed by atoms with Crippen molar-refractivity contribution in [3.8, 4) is 0 Å². The van der Waals surface area contributed by atoms with Gasteiger partial charge in [0, 0.05) is 12.5 Å². The second-order valence-electron chi connectivity index (χ2n) is 5.40. The molecule has 0 saturated heterocycles. The molecule has 0 fully saturated rings. The van der Waals surface area contributed by atoms with Gasteiger partial charge < -0.3 is 21.4 Å². The predicted molar refractivity (Wildman–Crippen MR) is 99.0 cm³/mol. The Morgan fingerprint density at radius 2 is 1.28 bits per heavy atom. The van der Waals surface area contributed by atoms with Gasteiger partial charge in [-0.1, -0.05) is 60.7 Å². The largest absolute Gasteiger partial charge is 0.548 e. The number of aliphatic carboxylic acids is 1. The summed E-state index contributed by atoms with van der Waals surface area (Å²) in [5.41, 5.74) is 12.6. The van der Waals surface area contributed by atoms with E-state index >= 15 is 0 Å². The molecule has 0 aliphatic rings. The molecule has 0 unspecified atom stereocenters. The van der Waals surface area contributed by atoms with Crippen LogP contribution < -0.4 is 16.6 Å². The van der Waals surface area contributed by atoms with E-state index in [1.54, 1.807) is 0 Å². The molecule has 4 N–H and O–H groups in total. The molecule has 0 spiro atoms. The molecule has 2 aromatic carbocycles. The standard InChI is InChI=1S/C14H14.C5H10N2O3.ClH/c1-3-7-13(8-4-1)11-12-14-9-5-2-6-10-14;6-3(5(9)10)1-2-4(7)8;/h1-10H,11-12H2;3H,1-2,6H2,(H2,7,8)(H,9,10);1H/p-1/t;3-;/m.0./s1. The molecule has 136 valence electrons. The average Bonchev–Trinajstić information content (AvgIpc) is 2.60. The quantitative estimate of drug-likeness (QED) is 0.770. The molecule has 2 aromatic rings. The Bertz CT molecular complexity index is 582. The van der Waals surface area contributed by atoms with Gasteiger partial charge in [0.05, 0.1) is 5.97 Å². The second-order valence-corrected chi connectivity index (χ2v) is 5.40. The Kier molecular flexibility index (Phi) is 11.8. The average molecular weight is 364 g/mol. The molecule has 1 amide bonds. The summed E-state index contributed by atoms with van der Waals surface area (Å²) in [6.45, 7) is 0. The molecule has 0 saturated carbocycles. The lowest BCUT2D eigenvalue weighted by molar-refractivity contribution is -0.307. The number of aryl methyl sites for hydroxylation is 2. The molecular formula is C19H24ClN2O3-. The number of rotatable bonds is 7. The lowest BCUT2D eigenvalue weighted by Gasteiger charge is -2.09. The highest BCUT2D eigenvalue weighted by Crippen LogP contribution is 2.06. The number of hydrogen-bond acceptors (Lipinski definition) is 4. The van der Waals surface area contributed by atoms with Crippen molar-refractivity contribution in [1.29, 1.82) is 0 Å². The Morgan fingerprint density at radius 3 is 1.60 bits per heavy atom. The van der Waals surface area contributed by atoms with Crippen LogP contribution in [0.5, 0.6) is 0 Å². The van der Waals surface area contributed by atoms with E-state index in [4.69, 9.17) is 11.5 Å². The van der Waals surface area contributed by atoms with Crippen LogP contribution in [0.2, 0.25) is 0 Å². The predicted octanol–water partition coefficient (Wildman–Crippen LogP) is 1.22. The van der Waals surface area contributed by atoms with Crippen molar-refractivity contribution in [3.63, 3.8) is 0 Å². The Labute approximate surface area is 154 Å². The molecular weight excluding hydrogens is 340 g/mol. The summed E-state index contributed by atoms with van der Waals surface area (Å²) >= 11 is 0. The molecule has 0 heterocycles. The van der Waals surface area contributed by atoms with E-state index in [9.17, 15) is 14.7 Å². The topological polar surface area (TPSA) is 109 Å². The fourth-order valence-electron chi connectivity index (χ4n) is 1.99. The van der Waals surface area contributed by atoms with Crippen LogP contribution in [0, 0.1) is 0 Å². The smallest absolute Gasteiger partial charge is 0.217 e. The molecule has 0 aromatic heterocycles. The van der Waals surface area contributed by atoms with Gasteiger partial charge in [-0.25, -0.2) is 0 Å². The fraction of sp³-hybridized carbons (Fsp3) is 0.263. The van der Waals surface area contributed by atoms with E-state index in [-0.39, 0.29) is 25.2 Å². The zero-order valence-corrected chi connectivity index (χ0v) is 14.8. The maximum absolute atomic E-state index is 10.1. The number of carboxylic acid groups (broad SMARTS) is 1. The van der Waals surface area contributed by atoms with Crippen LogP contribution in [0.4, 0.5) is 0 Å². The highest BCUT2D eigenvalue weighted by Gasteiger charge is 2.04. The van der Waals surface area contributed by atoms with Crippen molar-refractivity contribution in [2.24, 2.45) is 11.5 Å². The molecule has 6 heteroatoms. The number of nitrogens with two attached hydrogens (primary N) is 2. The second kappa shape index (κ2) is 13.0. The third-order valence-corrected chi connectivity index (χ3v) is 3.39. The SMILES string of the molecule is Cl.NC(=O)CC[C@H](N)C(=O)[O-].c1ccc(CCc2ccccc2)cc1. The minimum Gasteiger partial charge on any atom is -0.548 e. The van der Waals surface area contributed by atoms with Crippen LogP contribution in [-0.2, 0) is 22.4 Å². The molecule has 2 rings (SSSR count). The normalized spacial score (nSPS) is 10.6. The Balaban J connectivity index is 0.000000471. The fourth-order valence-corrected chi connectivity index (χ4v) is 1.99. The summed E-state index contributed by atoms with van der Waals surface area (Å²) < 4.78 is 0. The first-order chi connectivity index (χ1) is 11.5. The summed E-state index contributed by atoms with van der Waals surface area (Å²) in [6.07, 6.45) is 2.28. The molecule has 0 aliphatic carbocycles. The molecule has 5 nitrogen and oxygen atoms in total. The number of hydrogen-bond donors (Lipinski definition) is 2. The van der Waals surface area contributed by atoms with Crippen molar-refractivity contribution in [3.05, 3.63) is 71.8 Å². The van der Waals surface area contributed by atoms with Gasteiger partial charge in [0.1, 0.15) is 0 Å². The van der Waals surface area contributed by atoms with Gasteiger partial charge in [0.25, 0.3) is 0 Å². The van der Waals surface area contributed by atoms with Crippen molar-refractivity contribution >= 4 is 24.3 Å². The van der Waals surface area contributed by atoms with Gasteiger partial charge in [-0.15, -0.1) is 12.4 Å². The third-order valence-electron chi connectivity index (χ3n) is 3.39. The highest BCUT2D eigenvalue weighted by atomic mass is 35.5. The Hall–Kier alpha value is -2.37. The van der Waals surface area contributed by atoms with Gasteiger partial charge in [0.2, 0.25) is 5.91 Å². The van der Waals surface area contributed by atoms with Crippen molar-refractivity contribution in [2.75, 3.05) is 0 Å². The lowest BCUT2D eigenvalue weighted by Crippen LogP contribution is -2.42. The van der Waals surface area contributed by atoms with Crippen LogP contribution in [0.1, 0.15) is 24.0 Å². The first-order valence-electron chi connectivity index (χ1n) is 7.81. The van der Waals surface area contributed by atoms with Crippen molar-refractivity contribution in [2.45, 2.75) is 31.7 Å². The number of primary amides is 1. The summed E-state index contributed by atoms with van der Waals surface area (Å²) in [4.78, 5) is 20.0. The van der Waals surface area contributed by atoms with Gasteiger partial charge in [0.15, 0.2) is 0 Å². The van der Waals surface area contributed by atoms with E-state index < -0.39 is 17.9 Å². The molecule has 25 heavy (non-hydrogen) atoms. The molecule has 0 bridgehead atoms. The first-order valence-corrected chi connectivity index (χ1v) is 7.81. The minimum absolute atomic E-state index is 0. The van der Waals surface area contributed by atoms with E-state index in [2.05, 4.69) is 60.7 Å². The van der Waals surface area contributed by atoms with E-state index in [1.807, 2.05) is 0 Å². The number of carbonyl (C=O) groups is 2. The van der Waals surface area contributed by atoms with Crippen molar-refractivity contribution < 1.29 is 14.7 Å². The van der Waals surface area contributed by atoms with Crippen LogP contribution in [-0.4, -0.2) is 17.9 Å². The third kappa shape index (κ3) is 10.9. The van der Waals surface area contributed by atoms with Crippen molar-refractivity contribution in [1.82, 2.24) is 0 Å². The summed E-state index contributed by atoms with van der Waals surface area (Å²) in [7, 11) is 0. The minimum atomic E-state index is -1.36. The molecule has 1 atom stereocenters. The zero-order valence-electron chi connectivity index (χ0n) is 14.0. The lowest BCUT2D eigenvalue weighted by atomic mass is 10.0. The number of amides is 1. The van der Waals surface area contributed by atoms with Crippen LogP contribution >= 0.6 is 12.4 Å². The van der Waals surface area contributed by atoms with E-state index in [0.717, 1.165) is 12.8 Å². The van der Waals surface area contributed by atoms with Crippen LogP contribution in [0.3, 0.4) is 0 Å². The molecule has 0 radical (unpaired) electrons. The summed E-state index contributed by atoms with van der Waals surface area (Å²) in [5, 5.41) is 9.92. The monoisotopic (exact) mass is 363 g/mol. The van der Waals surface area contributed by atoms with Gasteiger partial charge in [-0.3, -0.25) is 4.79 Å². The molecule has 0 aliphatic heterocycles. The first kappa shape index (κ1) is 22.6. The number of halogens is 1. The number of benzene rings is 2. The maximum Gasteiger partial charge on any atom is 0.217 e. The van der Waals surface area contributed by atoms with Gasteiger partial charge in [-0.05, 0) is 30.4 Å². The highest BCUT2D eigenvalue weighted by molar-refractivity contribution is 5.85. The van der Waals surface area contributed by atoms with Crippen LogP contribution in [0.15, 0.2) is 60.7 Å². The Morgan fingerprint density at radius 1 is 0.880 bits per heavy atom. The maximum atomic E-state index is 10.1. The van der Waals surface area contributed by atoms with E-state index in [1.165, 1.54) is 11.1 Å². The van der Waals surface area contributed by atoms with E-state index in [0.29, 0.717) is 0 Å². The van der Waals surface area contributed by atoms with Gasteiger partial charge in [-0.2, -0.15) is 0 Å².